The van der Waals surface area contributed by atoms with Crippen LogP contribution in [0.4, 0.5) is 0 Å². The first kappa shape index (κ1) is 14.8. The Morgan fingerprint density at radius 3 is 2.52 bits per heavy atom. The van der Waals surface area contributed by atoms with Crippen LogP contribution in [0.3, 0.4) is 0 Å². The van der Waals surface area contributed by atoms with Gasteiger partial charge in [0, 0.05) is 13.7 Å². The van der Waals surface area contributed by atoms with Crippen LogP contribution in [-0.2, 0) is 9.59 Å². The van der Waals surface area contributed by atoms with Crippen molar-refractivity contribution in [3.63, 3.8) is 0 Å². The van der Waals surface area contributed by atoms with E-state index >= 15 is 0 Å². The van der Waals surface area contributed by atoms with Gasteiger partial charge in [0.2, 0.25) is 11.8 Å². The molecule has 1 saturated heterocycles. The average molecular weight is 291 g/mol. The monoisotopic (exact) mass is 291 g/mol. The molecular formula is C17H25NO3. The SMILES string of the molecule is C[C@H]1C=C[C@@H]([C@@H]2CCCC[C@H]2CO)[C@H]2C(=O)N(C)C(=O)[C@H]21. The van der Waals surface area contributed by atoms with Crippen molar-refractivity contribution >= 4 is 11.8 Å². The number of amides is 2. The molecule has 1 N–H and O–H groups in total. The number of carbonyl (C=O) groups is 2. The summed E-state index contributed by atoms with van der Waals surface area (Å²) in [5.41, 5.74) is 0. The van der Waals surface area contributed by atoms with Crippen molar-refractivity contribution in [3.05, 3.63) is 12.2 Å². The summed E-state index contributed by atoms with van der Waals surface area (Å²) in [5, 5.41) is 9.67. The minimum Gasteiger partial charge on any atom is -0.396 e. The van der Waals surface area contributed by atoms with E-state index in [4.69, 9.17) is 0 Å². The molecule has 116 valence electrons. The van der Waals surface area contributed by atoms with Crippen LogP contribution in [0.15, 0.2) is 12.2 Å². The van der Waals surface area contributed by atoms with Crippen LogP contribution in [0, 0.1) is 35.5 Å². The molecular weight excluding hydrogens is 266 g/mol. The molecule has 0 unspecified atom stereocenters. The minimum atomic E-state index is -0.209. The molecule has 3 aliphatic rings. The van der Waals surface area contributed by atoms with Gasteiger partial charge in [-0.1, -0.05) is 31.9 Å². The van der Waals surface area contributed by atoms with E-state index in [0.717, 1.165) is 25.7 Å². The van der Waals surface area contributed by atoms with Crippen molar-refractivity contribution in [2.75, 3.05) is 13.7 Å². The number of nitrogens with zero attached hydrogens (tertiary/aromatic N) is 1. The molecule has 1 aliphatic heterocycles. The van der Waals surface area contributed by atoms with Crippen LogP contribution in [0.1, 0.15) is 32.6 Å². The van der Waals surface area contributed by atoms with Gasteiger partial charge in [-0.25, -0.2) is 0 Å². The standard InChI is InChI=1S/C17H25NO3/c1-10-7-8-13(12-6-4-3-5-11(12)9-19)15-14(10)16(20)18(2)17(15)21/h7-8,10-15,19H,3-6,9H2,1-2H3/t10-,11-,12+,13-,14-,15+/m0/s1. The van der Waals surface area contributed by atoms with Gasteiger partial charge in [-0.05, 0) is 36.5 Å². The Morgan fingerprint density at radius 2 is 1.81 bits per heavy atom. The summed E-state index contributed by atoms with van der Waals surface area (Å²) >= 11 is 0. The molecule has 0 aromatic heterocycles. The predicted molar refractivity (Wildman–Crippen MR) is 79.1 cm³/mol. The van der Waals surface area contributed by atoms with Gasteiger partial charge in [-0.15, -0.1) is 0 Å². The third-order valence-electron chi connectivity index (χ3n) is 5.93. The molecule has 4 nitrogen and oxygen atoms in total. The third-order valence-corrected chi connectivity index (χ3v) is 5.93. The Hall–Kier alpha value is -1.16. The lowest BCUT2D eigenvalue weighted by molar-refractivity contribution is -0.138. The zero-order valence-corrected chi connectivity index (χ0v) is 12.9. The Balaban J connectivity index is 1.93. The van der Waals surface area contributed by atoms with Crippen molar-refractivity contribution in [2.45, 2.75) is 32.6 Å². The second kappa shape index (κ2) is 5.56. The van der Waals surface area contributed by atoms with E-state index in [1.165, 1.54) is 4.90 Å². The van der Waals surface area contributed by atoms with E-state index in [2.05, 4.69) is 12.2 Å². The number of hydrogen-bond acceptors (Lipinski definition) is 3. The Morgan fingerprint density at radius 1 is 1.14 bits per heavy atom. The molecule has 4 heteroatoms. The predicted octanol–water partition coefficient (Wildman–Crippen LogP) is 1.84. The summed E-state index contributed by atoms with van der Waals surface area (Å²) in [4.78, 5) is 26.2. The number of likely N-dealkylation sites (tertiary alicyclic amines) is 1. The fourth-order valence-electron chi connectivity index (χ4n) is 4.74. The quantitative estimate of drug-likeness (QED) is 0.624. The zero-order valence-electron chi connectivity index (χ0n) is 12.9. The largest absolute Gasteiger partial charge is 0.396 e. The van der Waals surface area contributed by atoms with E-state index < -0.39 is 0 Å². The molecule has 0 spiro atoms. The van der Waals surface area contributed by atoms with Crippen LogP contribution in [0.2, 0.25) is 0 Å². The molecule has 2 fully saturated rings. The van der Waals surface area contributed by atoms with E-state index in [1.807, 2.05) is 6.92 Å². The van der Waals surface area contributed by atoms with E-state index in [0.29, 0.717) is 5.92 Å². The lowest BCUT2D eigenvalue weighted by Crippen LogP contribution is -2.40. The van der Waals surface area contributed by atoms with Crippen LogP contribution in [0.5, 0.6) is 0 Å². The number of hydrogen-bond donors (Lipinski definition) is 1. The number of aliphatic hydroxyl groups is 1. The van der Waals surface area contributed by atoms with Gasteiger partial charge < -0.3 is 5.11 Å². The smallest absolute Gasteiger partial charge is 0.233 e. The van der Waals surface area contributed by atoms with E-state index in [1.54, 1.807) is 7.05 Å². The topological polar surface area (TPSA) is 57.6 Å². The molecule has 21 heavy (non-hydrogen) atoms. The summed E-state index contributed by atoms with van der Waals surface area (Å²) in [5.74, 6) is 0.406. The third kappa shape index (κ3) is 2.24. The van der Waals surface area contributed by atoms with Gasteiger partial charge in [-0.2, -0.15) is 0 Å². The van der Waals surface area contributed by atoms with Gasteiger partial charge in [0.1, 0.15) is 0 Å². The summed E-state index contributed by atoms with van der Waals surface area (Å²) in [7, 11) is 1.61. The van der Waals surface area contributed by atoms with Crippen LogP contribution < -0.4 is 0 Å². The highest BCUT2D eigenvalue weighted by molar-refractivity contribution is 6.05. The Labute approximate surface area is 126 Å². The first-order chi connectivity index (χ1) is 10.1. The molecule has 0 aromatic rings. The summed E-state index contributed by atoms with van der Waals surface area (Å²) < 4.78 is 0. The molecule has 0 radical (unpaired) electrons. The fraction of sp³-hybridized carbons (Fsp3) is 0.765. The highest BCUT2D eigenvalue weighted by Gasteiger charge is 2.54. The van der Waals surface area contributed by atoms with Gasteiger partial charge >= 0.3 is 0 Å². The summed E-state index contributed by atoms with van der Waals surface area (Å²) in [6, 6.07) is 0. The summed E-state index contributed by atoms with van der Waals surface area (Å²) in [6.45, 7) is 2.22. The normalized spacial score (nSPS) is 43.3. The van der Waals surface area contributed by atoms with Gasteiger partial charge in [0.15, 0.2) is 0 Å². The first-order valence-corrected chi connectivity index (χ1v) is 8.17. The molecule has 1 saturated carbocycles. The van der Waals surface area contributed by atoms with E-state index in [9.17, 15) is 14.7 Å². The van der Waals surface area contributed by atoms with Crippen molar-refractivity contribution in [3.8, 4) is 0 Å². The lowest BCUT2D eigenvalue weighted by Gasteiger charge is -2.40. The number of aliphatic hydroxyl groups excluding tert-OH is 1. The van der Waals surface area contributed by atoms with Crippen molar-refractivity contribution in [2.24, 2.45) is 35.5 Å². The molecule has 2 amide bonds. The minimum absolute atomic E-state index is 0.0199. The second-order valence-corrected chi connectivity index (χ2v) is 7.00. The molecule has 1 heterocycles. The highest BCUT2D eigenvalue weighted by atomic mass is 16.3. The van der Waals surface area contributed by atoms with Gasteiger partial charge in [-0.3, -0.25) is 14.5 Å². The Bertz CT molecular complexity index is 473. The molecule has 2 aliphatic carbocycles. The van der Waals surface area contributed by atoms with Crippen LogP contribution in [0.25, 0.3) is 0 Å². The van der Waals surface area contributed by atoms with Gasteiger partial charge in [0.25, 0.3) is 0 Å². The number of imide groups is 1. The Kier molecular flexibility index (Phi) is 3.91. The first-order valence-electron chi connectivity index (χ1n) is 8.17. The number of fused-ring (bicyclic) bond motifs is 1. The zero-order chi connectivity index (χ0) is 15.1. The van der Waals surface area contributed by atoms with Crippen molar-refractivity contribution < 1.29 is 14.7 Å². The maximum absolute atomic E-state index is 12.6. The van der Waals surface area contributed by atoms with Crippen molar-refractivity contribution in [1.29, 1.82) is 0 Å². The molecule has 3 rings (SSSR count). The molecule has 6 atom stereocenters. The average Bonchev–Trinajstić information content (AvgIpc) is 2.73. The number of rotatable bonds is 2. The van der Waals surface area contributed by atoms with Crippen LogP contribution in [-0.4, -0.2) is 35.5 Å². The second-order valence-electron chi connectivity index (χ2n) is 7.00. The van der Waals surface area contributed by atoms with Gasteiger partial charge in [0.05, 0.1) is 11.8 Å². The lowest BCUT2D eigenvalue weighted by atomic mass is 9.62. The molecule has 0 bridgehead atoms. The van der Waals surface area contributed by atoms with Crippen molar-refractivity contribution in [1.82, 2.24) is 4.90 Å². The van der Waals surface area contributed by atoms with E-state index in [-0.39, 0.29) is 48.0 Å². The number of carbonyl (C=O) groups excluding carboxylic acids is 2. The maximum Gasteiger partial charge on any atom is 0.233 e. The maximum atomic E-state index is 12.6. The fourth-order valence-corrected chi connectivity index (χ4v) is 4.74. The number of allylic oxidation sites excluding steroid dienone is 2. The molecule has 0 aromatic carbocycles. The van der Waals surface area contributed by atoms with Crippen LogP contribution >= 0.6 is 0 Å². The highest BCUT2D eigenvalue weighted by Crippen LogP contribution is 2.48. The summed E-state index contributed by atoms with van der Waals surface area (Å²) in [6.07, 6.45) is 8.69.